The summed E-state index contributed by atoms with van der Waals surface area (Å²) in [5, 5.41) is 12.2. The molecule has 1 saturated carbocycles. The average molecular weight is 894 g/mol. The van der Waals surface area contributed by atoms with Crippen LogP contribution in [0.25, 0.3) is 0 Å². The molecule has 0 aliphatic heterocycles. The summed E-state index contributed by atoms with van der Waals surface area (Å²) in [5.41, 5.74) is -1.75. The normalized spacial score (nSPS) is 17.8. The standard InChI is InChI=1S/C51H97NO7.C4H10/c1-7-9-11-13-15-17-19-21-23-25-27-29-31-33-35-37-41-57-47(55)45(42-58-48(56)50(5)43-51(6,44-50)59-49(3,4)39-40-53)52-46(54)38-36-34-32-30-28-26-24-22-20-18-16-14-12-10-8-2;1-4(2)3/h45,53H,7-44H2,1-6H3,(H,52,54);4H,1-3H3. The lowest BCUT2D eigenvalue weighted by Gasteiger charge is -2.53. The fourth-order valence-electron chi connectivity index (χ4n) is 9.15. The average Bonchev–Trinajstić information content (AvgIpc) is 3.20. The van der Waals surface area contributed by atoms with Crippen LogP contribution in [0.15, 0.2) is 0 Å². The van der Waals surface area contributed by atoms with E-state index in [4.69, 9.17) is 14.2 Å². The molecule has 1 rings (SSSR count). The fourth-order valence-corrected chi connectivity index (χ4v) is 9.15. The molecule has 1 aliphatic carbocycles. The zero-order valence-corrected chi connectivity index (χ0v) is 43.4. The molecule has 1 fully saturated rings. The van der Waals surface area contributed by atoms with Gasteiger partial charge in [-0.15, -0.1) is 0 Å². The molecule has 1 aliphatic rings. The van der Waals surface area contributed by atoms with Crippen LogP contribution in [0.4, 0.5) is 0 Å². The molecule has 1 atom stereocenters. The van der Waals surface area contributed by atoms with Gasteiger partial charge in [-0.05, 0) is 65.7 Å². The maximum atomic E-state index is 13.3. The number of carbonyl (C=O) groups is 3. The first-order chi connectivity index (χ1) is 30.1. The molecule has 0 aromatic heterocycles. The predicted octanol–water partition coefficient (Wildman–Crippen LogP) is 15.5. The van der Waals surface area contributed by atoms with Gasteiger partial charge in [0.2, 0.25) is 5.91 Å². The van der Waals surface area contributed by atoms with E-state index in [-0.39, 0.29) is 19.1 Å². The van der Waals surface area contributed by atoms with E-state index in [1.165, 1.54) is 161 Å². The van der Waals surface area contributed by atoms with Gasteiger partial charge in [-0.3, -0.25) is 9.59 Å². The molecule has 0 radical (unpaired) electrons. The Morgan fingerprint density at radius 2 is 0.921 bits per heavy atom. The van der Waals surface area contributed by atoms with E-state index in [2.05, 4.69) is 39.9 Å². The molecule has 1 unspecified atom stereocenters. The number of aliphatic hydroxyl groups is 1. The van der Waals surface area contributed by atoms with Crippen LogP contribution in [-0.4, -0.2) is 60.0 Å². The Balaban J connectivity index is 0.00000918. The van der Waals surface area contributed by atoms with Crippen molar-refractivity contribution in [3.8, 4) is 0 Å². The minimum atomic E-state index is -1.03. The fraction of sp³-hybridized carbons (Fsp3) is 0.945. The van der Waals surface area contributed by atoms with E-state index < -0.39 is 34.6 Å². The van der Waals surface area contributed by atoms with E-state index in [9.17, 15) is 19.5 Å². The Morgan fingerprint density at radius 1 is 0.571 bits per heavy atom. The summed E-state index contributed by atoms with van der Waals surface area (Å²) in [6.07, 6.45) is 41.2. The number of esters is 2. The number of ether oxygens (including phenoxy) is 3. The molecule has 0 spiro atoms. The number of hydrogen-bond acceptors (Lipinski definition) is 7. The highest BCUT2D eigenvalue weighted by Crippen LogP contribution is 2.52. The molecule has 8 heteroatoms. The van der Waals surface area contributed by atoms with Crippen molar-refractivity contribution in [2.45, 2.75) is 304 Å². The number of hydrogen-bond donors (Lipinski definition) is 2. The van der Waals surface area contributed by atoms with Gasteiger partial charge in [0.25, 0.3) is 0 Å². The van der Waals surface area contributed by atoms with Crippen molar-refractivity contribution in [2.24, 2.45) is 11.3 Å². The molecule has 0 heterocycles. The molecular weight excluding hydrogens is 787 g/mol. The minimum absolute atomic E-state index is 0.0323. The molecule has 1 amide bonds. The van der Waals surface area contributed by atoms with E-state index in [1.54, 1.807) is 0 Å². The first-order valence-corrected chi connectivity index (χ1v) is 27.1. The quantitative estimate of drug-likeness (QED) is 0.0464. The highest BCUT2D eigenvalue weighted by molar-refractivity contribution is 5.85. The first kappa shape index (κ1) is 61.3. The molecule has 8 nitrogen and oxygen atoms in total. The van der Waals surface area contributed by atoms with Crippen LogP contribution in [0.3, 0.4) is 0 Å². The molecule has 0 aromatic rings. The highest BCUT2D eigenvalue weighted by Gasteiger charge is 2.57. The van der Waals surface area contributed by atoms with Crippen LogP contribution >= 0.6 is 0 Å². The van der Waals surface area contributed by atoms with Gasteiger partial charge in [0, 0.05) is 13.0 Å². The van der Waals surface area contributed by atoms with Crippen LogP contribution in [0.2, 0.25) is 0 Å². The van der Waals surface area contributed by atoms with E-state index in [1.807, 2.05) is 27.7 Å². The molecule has 0 bridgehead atoms. The summed E-state index contributed by atoms with van der Waals surface area (Å²) in [6.45, 7) is 18.9. The number of rotatable bonds is 42. The number of aliphatic hydroxyl groups excluding tert-OH is 1. The zero-order chi connectivity index (χ0) is 47.1. The Morgan fingerprint density at radius 3 is 1.29 bits per heavy atom. The van der Waals surface area contributed by atoms with Crippen molar-refractivity contribution < 1.29 is 33.7 Å². The Labute approximate surface area is 391 Å². The third-order valence-electron chi connectivity index (χ3n) is 12.5. The van der Waals surface area contributed by atoms with Crippen LogP contribution in [0.5, 0.6) is 0 Å². The summed E-state index contributed by atoms with van der Waals surface area (Å²) in [4.78, 5) is 39.6. The van der Waals surface area contributed by atoms with Gasteiger partial charge in [0.15, 0.2) is 6.04 Å². The Kier molecular flexibility index (Phi) is 38.4. The van der Waals surface area contributed by atoms with Crippen LogP contribution in [0, 0.1) is 11.3 Å². The maximum Gasteiger partial charge on any atom is 0.332 e. The molecule has 374 valence electrons. The molecule has 0 aromatic carbocycles. The highest BCUT2D eigenvalue weighted by atomic mass is 16.6. The first-order valence-electron chi connectivity index (χ1n) is 27.1. The van der Waals surface area contributed by atoms with E-state index in [0.29, 0.717) is 32.3 Å². The van der Waals surface area contributed by atoms with Crippen LogP contribution in [-0.2, 0) is 28.6 Å². The summed E-state index contributed by atoms with van der Waals surface area (Å²) >= 11 is 0. The van der Waals surface area contributed by atoms with Crippen molar-refractivity contribution in [3.63, 3.8) is 0 Å². The van der Waals surface area contributed by atoms with Gasteiger partial charge in [-0.25, -0.2) is 4.79 Å². The number of unbranched alkanes of at least 4 members (excludes halogenated alkanes) is 29. The zero-order valence-electron chi connectivity index (χ0n) is 43.4. The number of nitrogens with one attached hydrogen (secondary N) is 1. The van der Waals surface area contributed by atoms with Crippen LogP contribution < -0.4 is 5.32 Å². The van der Waals surface area contributed by atoms with Crippen molar-refractivity contribution >= 4 is 17.8 Å². The molecule has 63 heavy (non-hydrogen) atoms. The third kappa shape index (κ3) is 36.2. The molecule has 0 saturated heterocycles. The van der Waals surface area contributed by atoms with Gasteiger partial charge in [-0.1, -0.05) is 221 Å². The van der Waals surface area contributed by atoms with E-state index >= 15 is 0 Å². The monoisotopic (exact) mass is 894 g/mol. The Hall–Kier alpha value is -1.67. The number of carbonyl (C=O) groups excluding carboxylic acids is 3. The largest absolute Gasteiger partial charge is 0.464 e. The van der Waals surface area contributed by atoms with Crippen molar-refractivity contribution in [2.75, 3.05) is 19.8 Å². The summed E-state index contributed by atoms with van der Waals surface area (Å²) in [7, 11) is 0. The lowest BCUT2D eigenvalue weighted by Crippen LogP contribution is -2.57. The lowest BCUT2D eigenvalue weighted by atomic mass is 9.60. The second-order valence-electron chi connectivity index (χ2n) is 21.3. The lowest BCUT2D eigenvalue weighted by molar-refractivity contribution is -0.225. The Bertz CT molecular complexity index is 1080. The number of amides is 1. The van der Waals surface area contributed by atoms with Crippen molar-refractivity contribution in [1.82, 2.24) is 5.32 Å². The summed E-state index contributed by atoms with van der Waals surface area (Å²) in [6, 6.07) is -1.03. The summed E-state index contributed by atoms with van der Waals surface area (Å²) < 4.78 is 17.7. The minimum Gasteiger partial charge on any atom is -0.464 e. The van der Waals surface area contributed by atoms with Gasteiger partial charge in [0.1, 0.15) is 6.61 Å². The second-order valence-corrected chi connectivity index (χ2v) is 21.3. The predicted molar refractivity (Wildman–Crippen MR) is 266 cm³/mol. The van der Waals surface area contributed by atoms with Gasteiger partial charge in [-0.2, -0.15) is 0 Å². The van der Waals surface area contributed by atoms with Gasteiger partial charge >= 0.3 is 11.9 Å². The maximum absolute atomic E-state index is 13.3. The second kappa shape index (κ2) is 39.5. The molecule has 2 N–H and O–H groups in total. The van der Waals surface area contributed by atoms with Gasteiger partial charge in [0.05, 0.1) is 23.2 Å². The third-order valence-corrected chi connectivity index (χ3v) is 12.5. The topological polar surface area (TPSA) is 111 Å². The summed E-state index contributed by atoms with van der Waals surface area (Å²) in [5.74, 6) is -0.311. The molecular formula is C55H107NO7. The SMILES string of the molecule is CC(C)C.CCCCCCCCCCCCCCCCCCOC(=O)C(COC(=O)C1(C)CC(C)(OC(C)(C)CCO)C1)NC(=O)CCCCCCCCCCCCCCCCC. The van der Waals surface area contributed by atoms with Gasteiger partial charge < -0.3 is 24.6 Å². The van der Waals surface area contributed by atoms with Crippen molar-refractivity contribution in [3.05, 3.63) is 0 Å². The van der Waals surface area contributed by atoms with Crippen LogP contribution in [0.1, 0.15) is 287 Å². The smallest absolute Gasteiger partial charge is 0.332 e. The van der Waals surface area contributed by atoms with E-state index in [0.717, 1.165) is 44.4 Å². The van der Waals surface area contributed by atoms with Crippen molar-refractivity contribution in [1.29, 1.82) is 0 Å².